The first-order valence-electron chi connectivity index (χ1n) is 9.06. The average molecular weight is 459 g/mol. The molecule has 0 spiro atoms. The third-order valence-corrected chi connectivity index (χ3v) is 6.36. The van der Waals surface area contributed by atoms with Gasteiger partial charge in [-0.05, 0) is 38.7 Å². The number of aldehydes is 1. The van der Waals surface area contributed by atoms with E-state index >= 15 is 0 Å². The smallest absolute Gasteiger partial charge is 0.275 e. The number of hydrogen-bond acceptors (Lipinski definition) is 8. The second-order valence-corrected chi connectivity index (χ2v) is 9.87. The van der Waals surface area contributed by atoms with E-state index in [9.17, 15) is 9.59 Å². The van der Waals surface area contributed by atoms with Gasteiger partial charge in [-0.25, -0.2) is 4.98 Å². The largest absolute Gasteiger partial charge is 0.389 e. The van der Waals surface area contributed by atoms with E-state index in [1.807, 2.05) is 24.6 Å². The molecule has 6 nitrogen and oxygen atoms in total. The summed E-state index contributed by atoms with van der Waals surface area (Å²) < 4.78 is 0.250. The van der Waals surface area contributed by atoms with Gasteiger partial charge in [0.25, 0.3) is 5.91 Å². The molecule has 1 aromatic rings. The Morgan fingerprint density at radius 2 is 1.90 bits per heavy atom. The fourth-order valence-corrected chi connectivity index (χ4v) is 4.40. The Hall–Kier alpha value is -1.71. The standard InChI is InChI=1S/C11H14N4OS.C7H14OS2.C2H6/c1-7(13-3)4-5-8(2)14-10(16)9-6-17-11(12)15-9;1-7(2,10-9-3)5-4-6-8;1-2/h4-6,13H,1-2H2,3H3,(H2,12,15)(H,14,16);6H,4-5H2,1-3H3;1-2H3/b5-4-;;. The average Bonchev–Trinajstić information content (AvgIpc) is 3.13. The van der Waals surface area contributed by atoms with Crippen molar-refractivity contribution in [2.45, 2.75) is 45.3 Å². The minimum Gasteiger partial charge on any atom is -0.389 e. The minimum atomic E-state index is -0.331. The van der Waals surface area contributed by atoms with Crippen molar-refractivity contribution in [3.8, 4) is 0 Å². The molecule has 0 saturated heterocycles. The van der Waals surface area contributed by atoms with E-state index in [2.05, 4.69) is 48.9 Å². The third-order valence-electron chi connectivity index (χ3n) is 3.01. The zero-order valence-corrected chi connectivity index (χ0v) is 20.7. The summed E-state index contributed by atoms with van der Waals surface area (Å²) in [4.78, 5) is 25.5. The Morgan fingerprint density at radius 3 is 2.34 bits per heavy atom. The first kappa shape index (κ1) is 29.5. The minimum absolute atomic E-state index is 0.250. The van der Waals surface area contributed by atoms with Gasteiger partial charge in [0, 0.05) is 35.0 Å². The maximum absolute atomic E-state index is 11.6. The Balaban J connectivity index is 0. The first-order chi connectivity index (χ1) is 13.6. The molecule has 1 rings (SSSR count). The summed E-state index contributed by atoms with van der Waals surface area (Å²) in [7, 11) is 5.35. The number of rotatable bonds is 10. The van der Waals surface area contributed by atoms with Crippen LogP contribution in [0.25, 0.3) is 0 Å². The molecule has 4 N–H and O–H groups in total. The zero-order valence-electron chi connectivity index (χ0n) is 18.2. The molecule has 0 aliphatic carbocycles. The molecule has 1 heterocycles. The highest BCUT2D eigenvalue weighted by atomic mass is 33.1. The molecule has 0 unspecified atom stereocenters. The lowest BCUT2D eigenvalue weighted by Gasteiger charge is -2.20. The van der Waals surface area contributed by atoms with Crippen LogP contribution in [0.4, 0.5) is 5.13 Å². The molecule has 0 aliphatic heterocycles. The number of nitrogens with two attached hydrogens (primary N) is 1. The van der Waals surface area contributed by atoms with E-state index in [0.717, 1.165) is 18.4 Å². The van der Waals surface area contributed by atoms with Gasteiger partial charge < -0.3 is 21.2 Å². The Kier molecular flexibility index (Phi) is 17.5. The van der Waals surface area contributed by atoms with E-state index in [1.54, 1.807) is 35.4 Å². The highest BCUT2D eigenvalue weighted by Crippen LogP contribution is 2.36. The van der Waals surface area contributed by atoms with E-state index in [1.165, 1.54) is 11.3 Å². The van der Waals surface area contributed by atoms with Crippen molar-refractivity contribution >= 4 is 50.2 Å². The summed E-state index contributed by atoms with van der Waals surface area (Å²) in [6, 6.07) is 0. The number of anilines is 1. The summed E-state index contributed by atoms with van der Waals surface area (Å²) in [5.74, 6) is -0.331. The normalized spacial score (nSPS) is 10.1. The molecule has 1 aromatic heterocycles. The second kappa shape index (κ2) is 17.2. The zero-order chi connectivity index (χ0) is 22.9. The van der Waals surface area contributed by atoms with Gasteiger partial charge in [0.1, 0.15) is 12.0 Å². The van der Waals surface area contributed by atoms with Crippen molar-refractivity contribution in [2.75, 3.05) is 19.0 Å². The molecule has 0 aromatic carbocycles. The van der Waals surface area contributed by atoms with Crippen LogP contribution in [0, 0.1) is 0 Å². The number of carbonyl (C=O) groups is 2. The van der Waals surface area contributed by atoms with Crippen molar-refractivity contribution in [3.63, 3.8) is 0 Å². The number of nitrogen functional groups attached to an aromatic ring is 1. The van der Waals surface area contributed by atoms with Crippen LogP contribution in [0.3, 0.4) is 0 Å². The fraction of sp³-hybridized carbons (Fsp3) is 0.450. The van der Waals surface area contributed by atoms with Crippen molar-refractivity contribution < 1.29 is 9.59 Å². The predicted molar refractivity (Wildman–Crippen MR) is 132 cm³/mol. The number of nitrogens with zero attached hydrogens (tertiary/aromatic N) is 1. The molecule has 164 valence electrons. The summed E-state index contributed by atoms with van der Waals surface area (Å²) in [6.45, 7) is 15.7. The molecular formula is C20H34N4O2S3. The van der Waals surface area contributed by atoms with Crippen LogP contribution >= 0.6 is 32.9 Å². The van der Waals surface area contributed by atoms with Crippen LogP contribution in [0.5, 0.6) is 0 Å². The van der Waals surface area contributed by atoms with Gasteiger partial charge >= 0.3 is 0 Å². The van der Waals surface area contributed by atoms with Gasteiger partial charge in [-0.2, -0.15) is 0 Å². The van der Waals surface area contributed by atoms with Crippen molar-refractivity contribution in [1.82, 2.24) is 15.6 Å². The Labute approximate surface area is 187 Å². The molecular weight excluding hydrogens is 424 g/mol. The Bertz CT molecular complexity index is 670. The molecule has 0 radical (unpaired) electrons. The van der Waals surface area contributed by atoms with Crippen LogP contribution in [0.2, 0.25) is 0 Å². The summed E-state index contributed by atoms with van der Waals surface area (Å²) in [5, 5.41) is 7.39. The van der Waals surface area contributed by atoms with Crippen LogP contribution in [-0.4, -0.2) is 35.2 Å². The van der Waals surface area contributed by atoms with Crippen molar-refractivity contribution in [1.29, 1.82) is 0 Å². The van der Waals surface area contributed by atoms with Crippen molar-refractivity contribution in [3.05, 3.63) is 47.8 Å². The molecule has 0 saturated carbocycles. The number of nitrogens with one attached hydrogen (secondary N) is 2. The topological polar surface area (TPSA) is 97.1 Å². The van der Waals surface area contributed by atoms with Gasteiger partial charge in [-0.1, -0.05) is 48.6 Å². The first-order valence-corrected chi connectivity index (χ1v) is 12.5. The number of thiazole rings is 1. The SMILES string of the molecule is C=C(/C=C\C(=C)NC(=O)c1csc(N)n1)NC.CC.CSSC(C)(C)CCC=O. The highest BCUT2D eigenvalue weighted by molar-refractivity contribution is 8.76. The van der Waals surface area contributed by atoms with E-state index < -0.39 is 0 Å². The van der Waals surface area contributed by atoms with Crippen LogP contribution in [0.1, 0.15) is 51.0 Å². The lowest BCUT2D eigenvalue weighted by atomic mass is 10.1. The molecule has 0 fully saturated rings. The predicted octanol–water partition coefficient (Wildman–Crippen LogP) is 5.04. The maximum atomic E-state index is 11.6. The van der Waals surface area contributed by atoms with Crippen LogP contribution in [0.15, 0.2) is 42.1 Å². The number of allylic oxidation sites excluding steroid dienone is 2. The van der Waals surface area contributed by atoms with Crippen LogP contribution < -0.4 is 16.4 Å². The molecule has 0 bridgehead atoms. The van der Waals surface area contributed by atoms with E-state index in [4.69, 9.17) is 5.73 Å². The highest BCUT2D eigenvalue weighted by Gasteiger charge is 2.16. The molecule has 29 heavy (non-hydrogen) atoms. The van der Waals surface area contributed by atoms with Crippen molar-refractivity contribution in [2.24, 2.45) is 0 Å². The molecule has 9 heteroatoms. The lowest BCUT2D eigenvalue weighted by molar-refractivity contribution is -0.108. The van der Waals surface area contributed by atoms with Gasteiger partial charge in [0.05, 0.1) is 0 Å². The van der Waals surface area contributed by atoms with Gasteiger partial charge in [0.2, 0.25) is 0 Å². The number of aromatic nitrogens is 1. The second-order valence-electron chi connectivity index (χ2n) is 5.87. The summed E-state index contributed by atoms with van der Waals surface area (Å²) in [6.07, 6.45) is 8.06. The molecule has 0 atom stereocenters. The lowest BCUT2D eigenvalue weighted by Crippen LogP contribution is -2.21. The Morgan fingerprint density at radius 1 is 1.31 bits per heavy atom. The fourth-order valence-electron chi connectivity index (χ4n) is 1.60. The van der Waals surface area contributed by atoms with Crippen LogP contribution in [-0.2, 0) is 4.79 Å². The van der Waals surface area contributed by atoms with E-state index in [-0.39, 0.29) is 16.3 Å². The van der Waals surface area contributed by atoms with Gasteiger partial charge in [-0.3, -0.25) is 4.79 Å². The number of hydrogen-bond donors (Lipinski definition) is 3. The van der Waals surface area contributed by atoms with Gasteiger partial charge in [0.15, 0.2) is 5.13 Å². The van der Waals surface area contributed by atoms with Gasteiger partial charge in [-0.15, -0.1) is 11.3 Å². The monoisotopic (exact) mass is 458 g/mol. The quantitative estimate of drug-likeness (QED) is 0.257. The van der Waals surface area contributed by atoms with E-state index in [0.29, 0.717) is 17.2 Å². The summed E-state index contributed by atoms with van der Waals surface area (Å²) in [5.41, 5.74) is 6.90. The summed E-state index contributed by atoms with van der Waals surface area (Å²) >= 11 is 1.22. The number of carbonyl (C=O) groups excluding carboxylic acids is 2. The maximum Gasteiger partial charge on any atom is 0.275 e. The number of likely N-dealkylation sites (N-methyl/N-ethyl adjacent to an activating group) is 1. The number of amides is 1. The molecule has 0 aliphatic rings. The molecule has 1 amide bonds. The third kappa shape index (κ3) is 15.8.